The van der Waals surface area contributed by atoms with Gasteiger partial charge in [0.15, 0.2) is 0 Å². The van der Waals surface area contributed by atoms with Crippen LogP contribution in [0.1, 0.15) is 11.1 Å². The summed E-state index contributed by atoms with van der Waals surface area (Å²) in [6, 6.07) is 14.5. The molecule has 0 aliphatic rings. The van der Waals surface area contributed by atoms with Crippen LogP contribution in [0.3, 0.4) is 0 Å². The Morgan fingerprint density at radius 3 is 2.44 bits per heavy atom. The Hall–Kier alpha value is -2.73. The van der Waals surface area contributed by atoms with E-state index in [0.29, 0.717) is 5.56 Å². The molecule has 1 atom stereocenters. The molecule has 0 spiro atoms. The van der Waals surface area contributed by atoms with Gasteiger partial charge in [0.1, 0.15) is 18.5 Å². The van der Waals surface area contributed by atoms with Crippen molar-refractivity contribution in [2.45, 2.75) is 19.1 Å². The molecule has 0 aromatic heterocycles. The summed E-state index contributed by atoms with van der Waals surface area (Å²) in [6.07, 6.45) is 0.00374. The molecule has 0 heterocycles. The first kappa shape index (κ1) is 18.6. The van der Waals surface area contributed by atoms with Gasteiger partial charge < -0.3 is 14.8 Å². The van der Waals surface area contributed by atoms with Crippen LogP contribution in [0.5, 0.6) is 0 Å². The predicted octanol–water partition coefficient (Wildman–Crippen LogP) is 2.24. The Morgan fingerprint density at radius 1 is 1.08 bits per heavy atom. The van der Waals surface area contributed by atoms with Gasteiger partial charge in [0, 0.05) is 6.42 Å². The van der Waals surface area contributed by atoms with Gasteiger partial charge in [-0.05, 0) is 17.2 Å². The minimum atomic E-state index is -0.977. The number of amides is 1. The Morgan fingerprint density at radius 2 is 1.76 bits per heavy atom. The van der Waals surface area contributed by atoms with Crippen molar-refractivity contribution in [3.63, 3.8) is 0 Å². The maximum Gasteiger partial charge on any atom is 0.328 e. The molecule has 1 amide bonds. The van der Waals surface area contributed by atoms with Gasteiger partial charge in [-0.3, -0.25) is 4.79 Å². The van der Waals surface area contributed by atoms with Crippen LogP contribution in [0.25, 0.3) is 0 Å². The second-order valence-corrected chi connectivity index (χ2v) is 5.42. The first-order valence-electron chi connectivity index (χ1n) is 7.82. The monoisotopic (exact) mass is 345 g/mol. The summed E-state index contributed by atoms with van der Waals surface area (Å²) in [6.45, 7) is 0.0735. The average Bonchev–Trinajstić information content (AvgIpc) is 2.63. The van der Waals surface area contributed by atoms with Gasteiger partial charge in [-0.2, -0.15) is 0 Å². The summed E-state index contributed by atoms with van der Waals surface area (Å²) < 4.78 is 23.8. The molecule has 2 aromatic rings. The van der Waals surface area contributed by atoms with Crippen molar-refractivity contribution in [3.8, 4) is 0 Å². The molecule has 0 aliphatic heterocycles. The second kappa shape index (κ2) is 9.54. The number of benzene rings is 2. The van der Waals surface area contributed by atoms with E-state index in [4.69, 9.17) is 4.74 Å². The minimum absolute atomic E-state index is 0.00374. The van der Waals surface area contributed by atoms with Crippen molar-refractivity contribution < 1.29 is 23.5 Å². The lowest BCUT2D eigenvalue weighted by atomic mass is 10.1. The Kier molecular flexibility index (Phi) is 7.10. The van der Waals surface area contributed by atoms with E-state index < -0.39 is 23.7 Å². The summed E-state index contributed by atoms with van der Waals surface area (Å²) >= 11 is 0. The van der Waals surface area contributed by atoms with E-state index in [-0.39, 0.29) is 19.6 Å². The average molecular weight is 345 g/mol. The highest BCUT2D eigenvalue weighted by atomic mass is 19.1. The molecule has 25 heavy (non-hydrogen) atoms. The van der Waals surface area contributed by atoms with Crippen LogP contribution in [-0.4, -0.2) is 31.6 Å². The van der Waals surface area contributed by atoms with Crippen molar-refractivity contribution in [2.75, 3.05) is 13.7 Å². The van der Waals surface area contributed by atoms with Crippen LogP contribution >= 0.6 is 0 Å². The number of esters is 1. The molecule has 2 aromatic carbocycles. The lowest BCUT2D eigenvalue weighted by Gasteiger charge is -2.17. The van der Waals surface area contributed by atoms with Gasteiger partial charge in [0.2, 0.25) is 5.91 Å². The number of carbonyl (C=O) groups excluding carboxylic acids is 2. The molecular formula is C19H20FNO4. The van der Waals surface area contributed by atoms with Crippen LogP contribution in [0.15, 0.2) is 54.6 Å². The number of rotatable bonds is 8. The zero-order chi connectivity index (χ0) is 18.1. The third-order valence-corrected chi connectivity index (χ3v) is 3.55. The predicted molar refractivity (Wildman–Crippen MR) is 90.1 cm³/mol. The second-order valence-electron chi connectivity index (χ2n) is 5.42. The quantitative estimate of drug-likeness (QED) is 0.745. The molecular weight excluding hydrogens is 325 g/mol. The molecule has 1 N–H and O–H groups in total. The molecule has 5 nitrogen and oxygen atoms in total. The topological polar surface area (TPSA) is 64.6 Å². The summed E-state index contributed by atoms with van der Waals surface area (Å²) in [5.41, 5.74) is 1.26. The van der Waals surface area contributed by atoms with Crippen LogP contribution in [0.4, 0.5) is 4.39 Å². The van der Waals surface area contributed by atoms with Crippen molar-refractivity contribution >= 4 is 11.9 Å². The molecule has 0 fully saturated rings. The van der Waals surface area contributed by atoms with E-state index in [2.05, 4.69) is 10.1 Å². The normalized spacial score (nSPS) is 11.6. The van der Waals surface area contributed by atoms with E-state index in [1.165, 1.54) is 13.2 Å². The third kappa shape index (κ3) is 6.00. The number of ether oxygens (including phenoxy) is 2. The lowest BCUT2D eigenvalue weighted by Crippen LogP contribution is -2.44. The molecule has 0 saturated heterocycles. The first-order valence-corrected chi connectivity index (χ1v) is 7.82. The Balaban J connectivity index is 1.89. The van der Waals surface area contributed by atoms with E-state index >= 15 is 0 Å². The van der Waals surface area contributed by atoms with Gasteiger partial charge >= 0.3 is 5.97 Å². The highest BCUT2D eigenvalue weighted by Gasteiger charge is 2.23. The fraction of sp³-hybridized carbons (Fsp3) is 0.263. The van der Waals surface area contributed by atoms with Crippen LogP contribution in [0.2, 0.25) is 0 Å². The lowest BCUT2D eigenvalue weighted by molar-refractivity contribution is -0.145. The number of hydrogen-bond donors (Lipinski definition) is 1. The number of hydrogen-bond acceptors (Lipinski definition) is 4. The van der Waals surface area contributed by atoms with E-state index in [9.17, 15) is 14.0 Å². The number of halogens is 1. The molecule has 132 valence electrons. The van der Waals surface area contributed by atoms with Gasteiger partial charge in [-0.25, -0.2) is 9.18 Å². The molecule has 0 bridgehead atoms. The summed E-state index contributed by atoms with van der Waals surface area (Å²) in [7, 11) is 1.22. The van der Waals surface area contributed by atoms with E-state index in [1.54, 1.807) is 18.2 Å². The van der Waals surface area contributed by atoms with Crippen LogP contribution in [0, 0.1) is 5.82 Å². The van der Waals surface area contributed by atoms with E-state index in [0.717, 1.165) is 5.56 Å². The van der Waals surface area contributed by atoms with Gasteiger partial charge in [0.05, 0.1) is 13.7 Å². The van der Waals surface area contributed by atoms with Crippen molar-refractivity contribution in [1.29, 1.82) is 0 Å². The number of nitrogens with one attached hydrogen (secondary N) is 1. The molecule has 0 saturated carbocycles. The largest absolute Gasteiger partial charge is 0.467 e. The van der Waals surface area contributed by atoms with Crippen molar-refractivity contribution in [1.82, 2.24) is 5.32 Å². The highest BCUT2D eigenvalue weighted by molar-refractivity contribution is 5.85. The smallest absolute Gasteiger partial charge is 0.328 e. The Bertz CT molecular complexity index is 706. The standard InChI is InChI=1S/C19H20FNO4/c1-24-19(23)17(11-15-9-5-6-10-16(15)20)21-18(22)13-25-12-14-7-3-2-4-8-14/h2-10,17H,11-13H2,1H3,(H,21,22)/t17-/m0/s1. The maximum absolute atomic E-state index is 13.8. The summed E-state index contributed by atoms with van der Waals surface area (Å²) in [5.74, 6) is -1.55. The summed E-state index contributed by atoms with van der Waals surface area (Å²) in [4.78, 5) is 23.9. The van der Waals surface area contributed by atoms with Crippen molar-refractivity contribution in [2.24, 2.45) is 0 Å². The fourth-order valence-electron chi connectivity index (χ4n) is 2.29. The molecule has 0 aliphatic carbocycles. The van der Waals surface area contributed by atoms with Gasteiger partial charge in [-0.1, -0.05) is 48.5 Å². The molecule has 0 radical (unpaired) electrons. The van der Waals surface area contributed by atoms with Gasteiger partial charge in [0.25, 0.3) is 0 Å². The number of carbonyl (C=O) groups is 2. The van der Waals surface area contributed by atoms with Crippen LogP contribution < -0.4 is 5.32 Å². The zero-order valence-corrected chi connectivity index (χ0v) is 13.9. The zero-order valence-electron chi connectivity index (χ0n) is 13.9. The fourth-order valence-corrected chi connectivity index (χ4v) is 2.29. The highest BCUT2D eigenvalue weighted by Crippen LogP contribution is 2.10. The summed E-state index contributed by atoms with van der Waals surface area (Å²) in [5, 5.41) is 2.52. The molecule has 6 heteroatoms. The van der Waals surface area contributed by atoms with Gasteiger partial charge in [-0.15, -0.1) is 0 Å². The van der Waals surface area contributed by atoms with Crippen molar-refractivity contribution in [3.05, 3.63) is 71.5 Å². The number of methoxy groups -OCH3 is 1. The SMILES string of the molecule is COC(=O)[C@H](Cc1ccccc1F)NC(=O)COCc1ccccc1. The molecule has 2 rings (SSSR count). The Labute approximate surface area is 145 Å². The molecule has 0 unspecified atom stereocenters. The maximum atomic E-state index is 13.8. The third-order valence-electron chi connectivity index (χ3n) is 3.55. The minimum Gasteiger partial charge on any atom is -0.467 e. The van der Waals surface area contributed by atoms with E-state index in [1.807, 2.05) is 30.3 Å². The van der Waals surface area contributed by atoms with Crippen LogP contribution in [-0.2, 0) is 32.1 Å². The first-order chi connectivity index (χ1) is 12.1.